The van der Waals surface area contributed by atoms with Crippen molar-refractivity contribution in [1.29, 1.82) is 0 Å². The first-order valence-corrected chi connectivity index (χ1v) is 14.0. The van der Waals surface area contributed by atoms with Crippen LogP contribution < -0.4 is 16.2 Å². The number of carbonyl (C=O) groups excluding carboxylic acids is 2. The minimum absolute atomic E-state index is 0.0276. The highest BCUT2D eigenvalue weighted by atomic mass is 32.2. The molecular formula is C29H30N4O5S. The Balaban J connectivity index is 1.39. The maximum absolute atomic E-state index is 13.5. The Morgan fingerprint density at radius 3 is 2.79 bits per heavy atom. The fourth-order valence-corrected chi connectivity index (χ4v) is 5.33. The van der Waals surface area contributed by atoms with Gasteiger partial charge in [-0.25, -0.2) is 4.98 Å². The van der Waals surface area contributed by atoms with Crippen molar-refractivity contribution in [3.63, 3.8) is 0 Å². The van der Waals surface area contributed by atoms with Crippen molar-refractivity contribution in [2.75, 3.05) is 24.2 Å². The fraction of sp³-hybridized carbons (Fsp3) is 0.310. The Morgan fingerprint density at radius 1 is 1.15 bits per heavy atom. The van der Waals surface area contributed by atoms with Crippen molar-refractivity contribution in [1.82, 2.24) is 14.9 Å². The number of hydrogen-bond donors (Lipinski definition) is 2. The highest BCUT2D eigenvalue weighted by Gasteiger charge is 2.19. The van der Waals surface area contributed by atoms with Gasteiger partial charge in [0.1, 0.15) is 5.76 Å². The van der Waals surface area contributed by atoms with Crippen LogP contribution in [0.2, 0.25) is 0 Å². The third kappa shape index (κ3) is 6.40. The number of aromatic nitrogens is 2. The van der Waals surface area contributed by atoms with Crippen LogP contribution in [0.3, 0.4) is 0 Å². The summed E-state index contributed by atoms with van der Waals surface area (Å²) in [5.74, 6) is 0.182. The molecule has 4 aromatic rings. The molecule has 9 nitrogen and oxygen atoms in total. The fourth-order valence-electron chi connectivity index (χ4n) is 4.53. The quantitative estimate of drug-likeness (QED) is 0.226. The van der Waals surface area contributed by atoms with Crippen LogP contribution in [0, 0.1) is 0 Å². The molecule has 0 saturated carbocycles. The zero-order valence-electron chi connectivity index (χ0n) is 21.6. The maximum Gasteiger partial charge on any atom is 0.262 e. The third-order valence-electron chi connectivity index (χ3n) is 6.60. The van der Waals surface area contributed by atoms with E-state index in [4.69, 9.17) is 14.1 Å². The summed E-state index contributed by atoms with van der Waals surface area (Å²) in [7, 11) is 0. The van der Waals surface area contributed by atoms with Gasteiger partial charge in [-0.2, -0.15) is 0 Å². The SMILES string of the molecule is CCc1ccccc1NC(=O)CSc1nc2cc(C(=O)NCC3CCCO3)ccc2c(=O)n1Cc1ccco1. The molecule has 2 aromatic carbocycles. The molecule has 0 radical (unpaired) electrons. The second-order valence-electron chi connectivity index (χ2n) is 9.29. The van der Waals surface area contributed by atoms with Crippen molar-refractivity contribution in [3.05, 3.63) is 88.1 Å². The number of rotatable bonds is 10. The van der Waals surface area contributed by atoms with E-state index in [1.807, 2.05) is 31.2 Å². The monoisotopic (exact) mass is 546 g/mol. The Morgan fingerprint density at radius 2 is 2.03 bits per heavy atom. The van der Waals surface area contributed by atoms with Crippen LogP contribution in [0.4, 0.5) is 5.69 Å². The minimum atomic E-state index is -0.276. The highest BCUT2D eigenvalue weighted by Crippen LogP contribution is 2.22. The standard InChI is InChI=1S/C29H30N4O5S/c1-2-19-7-3-4-10-24(19)31-26(34)18-39-29-32-25-15-20(27(35)30-16-21-8-5-13-37-21)11-12-23(25)28(36)33(29)17-22-9-6-14-38-22/h3-4,6-7,9-12,14-15,21H,2,5,8,13,16-18H2,1H3,(H,30,35)(H,31,34). The summed E-state index contributed by atoms with van der Waals surface area (Å²) in [5, 5.41) is 6.59. The number of furan rings is 1. The molecule has 0 bridgehead atoms. The lowest BCUT2D eigenvalue weighted by molar-refractivity contribution is -0.113. The van der Waals surface area contributed by atoms with E-state index in [1.165, 1.54) is 4.57 Å². The molecular weight excluding hydrogens is 516 g/mol. The van der Waals surface area contributed by atoms with Crippen LogP contribution in [-0.2, 0) is 22.5 Å². The molecule has 1 aliphatic rings. The maximum atomic E-state index is 13.5. The van der Waals surface area contributed by atoms with Crippen molar-refractivity contribution >= 4 is 40.2 Å². The smallest absolute Gasteiger partial charge is 0.262 e. The van der Waals surface area contributed by atoms with Gasteiger partial charge >= 0.3 is 0 Å². The summed E-state index contributed by atoms with van der Waals surface area (Å²) in [6.45, 7) is 3.35. The van der Waals surface area contributed by atoms with E-state index in [2.05, 4.69) is 10.6 Å². The van der Waals surface area contributed by atoms with Gasteiger partial charge in [0.25, 0.3) is 11.5 Å². The molecule has 0 aliphatic carbocycles. The van der Waals surface area contributed by atoms with Gasteiger partial charge in [0.05, 0.1) is 35.6 Å². The Bertz CT molecular complexity index is 1530. The van der Waals surface area contributed by atoms with Crippen LogP contribution in [-0.4, -0.2) is 46.4 Å². The summed E-state index contributed by atoms with van der Waals surface area (Å²) < 4.78 is 12.5. The molecule has 202 valence electrons. The van der Waals surface area contributed by atoms with Crippen molar-refractivity contribution in [2.45, 2.75) is 44.0 Å². The molecule has 2 aromatic heterocycles. The summed E-state index contributed by atoms with van der Waals surface area (Å²) >= 11 is 1.16. The molecule has 39 heavy (non-hydrogen) atoms. The summed E-state index contributed by atoms with van der Waals surface area (Å²) in [6.07, 6.45) is 4.28. The van der Waals surface area contributed by atoms with E-state index >= 15 is 0 Å². The number of fused-ring (bicyclic) bond motifs is 1. The van der Waals surface area contributed by atoms with Crippen molar-refractivity contribution in [3.8, 4) is 0 Å². The lowest BCUT2D eigenvalue weighted by Gasteiger charge is -2.14. The number of thioether (sulfide) groups is 1. The van der Waals surface area contributed by atoms with E-state index in [1.54, 1.807) is 36.6 Å². The van der Waals surface area contributed by atoms with Gasteiger partial charge in [-0.15, -0.1) is 0 Å². The number of benzene rings is 2. The first kappa shape index (κ1) is 26.7. The zero-order valence-corrected chi connectivity index (χ0v) is 22.5. The molecule has 5 rings (SSSR count). The summed E-state index contributed by atoms with van der Waals surface area (Å²) in [4.78, 5) is 43.8. The van der Waals surface area contributed by atoms with Gasteiger partial charge in [0, 0.05) is 24.4 Å². The lowest BCUT2D eigenvalue weighted by Crippen LogP contribution is -2.31. The average Bonchev–Trinajstić information content (AvgIpc) is 3.67. The second kappa shape index (κ2) is 12.3. The van der Waals surface area contributed by atoms with E-state index in [0.717, 1.165) is 42.3 Å². The molecule has 1 aliphatic heterocycles. The normalized spacial score (nSPS) is 14.9. The third-order valence-corrected chi connectivity index (χ3v) is 7.57. The zero-order chi connectivity index (χ0) is 27.2. The number of nitrogens with zero attached hydrogens (tertiary/aromatic N) is 2. The first-order valence-electron chi connectivity index (χ1n) is 13.0. The van der Waals surface area contributed by atoms with Crippen LogP contribution in [0.25, 0.3) is 10.9 Å². The van der Waals surface area contributed by atoms with Gasteiger partial charge < -0.3 is 19.8 Å². The molecule has 1 fully saturated rings. The second-order valence-corrected chi connectivity index (χ2v) is 10.2. The Hall–Kier alpha value is -3.89. The van der Waals surface area contributed by atoms with Gasteiger partial charge in [-0.3, -0.25) is 19.0 Å². The molecule has 2 N–H and O–H groups in total. The van der Waals surface area contributed by atoms with E-state index < -0.39 is 0 Å². The Labute approximate surface area is 230 Å². The highest BCUT2D eigenvalue weighted by molar-refractivity contribution is 7.99. The van der Waals surface area contributed by atoms with Crippen molar-refractivity contribution in [2.24, 2.45) is 0 Å². The predicted octanol–water partition coefficient (Wildman–Crippen LogP) is 4.24. The number of anilines is 1. The van der Waals surface area contributed by atoms with Crippen LogP contribution in [0.1, 0.15) is 41.4 Å². The van der Waals surface area contributed by atoms with E-state index in [9.17, 15) is 14.4 Å². The first-order chi connectivity index (χ1) is 19.0. The number of ether oxygens (including phenoxy) is 1. The Kier molecular flexibility index (Phi) is 8.43. The molecule has 1 atom stereocenters. The number of nitrogens with one attached hydrogen (secondary N) is 2. The van der Waals surface area contributed by atoms with Gasteiger partial charge in [0.15, 0.2) is 5.16 Å². The van der Waals surface area contributed by atoms with Gasteiger partial charge in [-0.1, -0.05) is 36.9 Å². The lowest BCUT2D eigenvalue weighted by atomic mass is 10.1. The number of aryl methyl sites for hydroxylation is 1. The van der Waals surface area contributed by atoms with E-state index in [-0.39, 0.29) is 35.8 Å². The van der Waals surface area contributed by atoms with Gasteiger partial charge in [-0.05, 0) is 61.2 Å². The molecule has 2 amide bonds. The summed E-state index contributed by atoms with van der Waals surface area (Å²) in [5.41, 5.74) is 2.33. The largest absolute Gasteiger partial charge is 0.467 e. The minimum Gasteiger partial charge on any atom is -0.467 e. The van der Waals surface area contributed by atoms with Gasteiger partial charge in [0.2, 0.25) is 5.91 Å². The summed E-state index contributed by atoms with van der Waals surface area (Å²) in [6, 6.07) is 16.0. The van der Waals surface area contributed by atoms with Crippen molar-refractivity contribution < 1.29 is 18.7 Å². The van der Waals surface area contributed by atoms with Crippen LogP contribution in [0.15, 0.2) is 75.2 Å². The molecule has 1 saturated heterocycles. The molecule has 10 heteroatoms. The molecule has 0 spiro atoms. The van der Waals surface area contributed by atoms with Crippen LogP contribution >= 0.6 is 11.8 Å². The molecule has 3 heterocycles. The predicted molar refractivity (Wildman–Crippen MR) is 150 cm³/mol. The average molecular weight is 547 g/mol. The number of hydrogen-bond acceptors (Lipinski definition) is 7. The topological polar surface area (TPSA) is 115 Å². The molecule has 1 unspecified atom stereocenters. The number of para-hydroxylation sites is 1. The number of carbonyl (C=O) groups is 2. The van der Waals surface area contributed by atoms with E-state index in [0.29, 0.717) is 40.5 Å². The number of amides is 2. The van der Waals surface area contributed by atoms with Crippen LogP contribution in [0.5, 0.6) is 0 Å².